The summed E-state index contributed by atoms with van der Waals surface area (Å²) in [6.45, 7) is 0.612. The van der Waals surface area contributed by atoms with Crippen LogP contribution in [0.4, 0.5) is 0 Å². The summed E-state index contributed by atoms with van der Waals surface area (Å²) >= 11 is 0. The number of hydrogen-bond donors (Lipinski definition) is 0. The highest BCUT2D eigenvalue weighted by atomic mass is 17.2. The second-order valence-electron chi connectivity index (χ2n) is 4.09. The van der Waals surface area contributed by atoms with Crippen LogP contribution in [0.1, 0.15) is 38.5 Å². The predicted octanol–water partition coefficient (Wildman–Crippen LogP) is 2.84. The molecule has 0 aromatic heterocycles. The molecule has 13 heavy (non-hydrogen) atoms. The Morgan fingerprint density at radius 2 is 2.00 bits per heavy atom. The fourth-order valence-electron chi connectivity index (χ4n) is 2.27. The van der Waals surface area contributed by atoms with Crippen molar-refractivity contribution in [1.82, 2.24) is 0 Å². The average molecular weight is 182 g/mol. The molecule has 1 fully saturated rings. The number of hydrogen-bond acceptors (Lipinski definition) is 2. The Morgan fingerprint density at radius 1 is 1.15 bits per heavy atom. The van der Waals surface area contributed by atoms with Gasteiger partial charge in [-0.15, -0.1) is 0 Å². The molecular formula is C11H18O2. The van der Waals surface area contributed by atoms with E-state index < -0.39 is 0 Å². The summed E-state index contributed by atoms with van der Waals surface area (Å²) in [7, 11) is 0. The summed E-state index contributed by atoms with van der Waals surface area (Å²) in [6, 6.07) is 0. The van der Waals surface area contributed by atoms with Crippen LogP contribution >= 0.6 is 0 Å². The van der Waals surface area contributed by atoms with E-state index in [-0.39, 0.29) is 6.10 Å². The lowest BCUT2D eigenvalue weighted by molar-refractivity contribution is -0.315. The molecule has 0 spiro atoms. The first-order valence-electron chi connectivity index (χ1n) is 5.40. The van der Waals surface area contributed by atoms with E-state index in [9.17, 15) is 0 Å². The van der Waals surface area contributed by atoms with Gasteiger partial charge in [-0.05, 0) is 12.3 Å². The first kappa shape index (κ1) is 9.22. The van der Waals surface area contributed by atoms with Crippen molar-refractivity contribution in [3.63, 3.8) is 0 Å². The molecule has 1 aliphatic carbocycles. The summed E-state index contributed by atoms with van der Waals surface area (Å²) in [5.74, 6) is 0.866. The molecule has 0 aromatic carbocycles. The Labute approximate surface area is 79.8 Å². The van der Waals surface area contributed by atoms with Gasteiger partial charge in [0.25, 0.3) is 0 Å². The Balaban J connectivity index is 1.75. The van der Waals surface area contributed by atoms with Gasteiger partial charge in [0.2, 0.25) is 0 Å². The van der Waals surface area contributed by atoms with Gasteiger partial charge in [0.1, 0.15) is 12.7 Å². The topological polar surface area (TPSA) is 18.5 Å². The summed E-state index contributed by atoms with van der Waals surface area (Å²) < 4.78 is 0. The fraction of sp³-hybridized carbons (Fsp3) is 0.818. The summed E-state index contributed by atoms with van der Waals surface area (Å²) in [4.78, 5) is 10.1. The standard InChI is InChI=1S/C11H18O2/c1-2-5-10(6-3-1)9-11-7-4-8-12-13-11/h4,7,10-11H,1-3,5-6,8-9H2/t11-/m0/s1. The Bertz CT molecular complexity index is 171. The number of rotatable bonds is 2. The summed E-state index contributed by atoms with van der Waals surface area (Å²) in [6.07, 6.45) is 12.6. The highest BCUT2D eigenvalue weighted by molar-refractivity contribution is 4.92. The van der Waals surface area contributed by atoms with Gasteiger partial charge >= 0.3 is 0 Å². The van der Waals surface area contributed by atoms with E-state index in [2.05, 4.69) is 12.2 Å². The van der Waals surface area contributed by atoms with E-state index in [4.69, 9.17) is 9.78 Å². The van der Waals surface area contributed by atoms with Crippen LogP contribution < -0.4 is 0 Å². The molecule has 0 N–H and O–H groups in total. The van der Waals surface area contributed by atoms with E-state index in [1.165, 1.54) is 32.1 Å². The van der Waals surface area contributed by atoms with Crippen molar-refractivity contribution >= 4 is 0 Å². The molecule has 1 aliphatic heterocycles. The van der Waals surface area contributed by atoms with Gasteiger partial charge in [0.05, 0.1) is 0 Å². The summed E-state index contributed by atoms with van der Waals surface area (Å²) in [5.41, 5.74) is 0. The molecule has 2 nitrogen and oxygen atoms in total. The summed E-state index contributed by atoms with van der Waals surface area (Å²) in [5, 5.41) is 0. The van der Waals surface area contributed by atoms with Crippen molar-refractivity contribution in [2.24, 2.45) is 5.92 Å². The molecule has 0 unspecified atom stereocenters. The van der Waals surface area contributed by atoms with Crippen molar-refractivity contribution in [2.75, 3.05) is 6.61 Å². The second-order valence-corrected chi connectivity index (χ2v) is 4.09. The van der Waals surface area contributed by atoms with E-state index >= 15 is 0 Å². The van der Waals surface area contributed by atoms with Crippen molar-refractivity contribution in [2.45, 2.75) is 44.6 Å². The monoisotopic (exact) mass is 182 g/mol. The first-order valence-corrected chi connectivity index (χ1v) is 5.40. The highest BCUT2D eigenvalue weighted by Gasteiger charge is 2.19. The van der Waals surface area contributed by atoms with E-state index in [0.29, 0.717) is 6.61 Å². The zero-order chi connectivity index (χ0) is 8.93. The minimum atomic E-state index is 0.219. The van der Waals surface area contributed by atoms with Crippen molar-refractivity contribution in [3.05, 3.63) is 12.2 Å². The molecule has 0 radical (unpaired) electrons. The van der Waals surface area contributed by atoms with Gasteiger partial charge < -0.3 is 0 Å². The van der Waals surface area contributed by atoms with Crippen LogP contribution in [0.2, 0.25) is 0 Å². The third-order valence-electron chi connectivity index (χ3n) is 3.00. The third kappa shape index (κ3) is 2.82. The molecule has 0 amide bonds. The maximum absolute atomic E-state index is 5.19. The maximum Gasteiger partial charge on any atom is 0.111 e. The molecular weight excluding hydrogens is 164 g/mol. The zero-order valence-electron chi connectivity index (χ0n) is 8.08. The van der Waals surface area contributed by atoms with Crippen molar-refractivity contribution < 1.29 is 9.78 Å². The zero-order valence-corrected chi connectivity index (χ0v) is 8.08. The fourth-order valence-corrected chi connectivity index (χ4v) is 2.27. The Hall–Kier alpha value is -0.340. The van der Waals surface area contributed by atoms with E-state index in [1.807, 2.05) is 0 Å². The van der Waals surface area contributed by atoms with Crippen LogP contribution in [0, 0.1) is 5.92 Å². The van der Waals surface area contributed by atoms with E-state index in [1.54, 1.807) is 0 Å². The Morgan fingerprint density at radius 3 is 2.69 bits per heavy atom. The molecule has 2 heteroatoms. The van der Waals surface area contributed by atoms with Crippen LogP contribution in [-0.4, -0.2) is 12.7 Å². The largest absolute Gasteiger partial charge is 0.232 e. The highest BCUT2D eigenvalue weighted by Crippen LogP contribution is 2.28. The first-order chi connectivity index (χ1) is 6.45. The molecule has 1 heterocycles. The third-order valence-corrected chi connectivity index (χ3v) is 3.00. The Kier molecular flexibility index (Phi) is 3.39. The molecule has 2 aliphatic rings. The van der Waals surface area contributed by atoms with Gasteiger partial charge in [-0.3, -0.25) is 0 Å². The smallest absolute Gasteiger partial charge is 0.111 e. The van der Waals surface area contributed by atoms with Crippen LogP contribution in [0.25, 0.3) is 0 Å². The van der Waals surface area contributed by atoms with Gasteiger partial charge in [-0.25, -0.2) is 9.78 Å². The van der Waals surface area contributed by atoms with Gasteiger partial charge in [-0.2, -0.15) is 0 Å². The molecule has 74 valence electrons. The minimum absolute atomic E-state index is 0.219. The molecule has 1 atom stereocenters. The normalized spacial score (nSPS) is 30.6. The molecule has 1 saturated carbocycles. The SMILES string of the molecule is C1=C[C@@H](CC2CCCCC2)OOC1. The van der Waals surface area contributed by atoms with Gasteiger partial charge in [0, 0.05) is 0 Å². The lowest BCUT2D eigenvalue weighted by atomic mass is 9.85. The van der Waals surface area contributed by atoms with Crippen LogP contribution in [0.15, 0.2) is 12.2 Å². The van der Waals surface area contributed by atoms with Crippen molar-refractivity contribution in [1.29, 1.82) is 0 Å². The lowest BCUT2D eigenvalue weighted by Gasteiger charge is -2.25. The van der Waals surface area contributed by atoms with Crippen LogP contribution in [0.3, 0.4) is 0 Å². The quantitative estimate of drug-likeness (QED) is 0.483. The minimum Gasteiger partial charge on any atom is -0.232 e. The molecule has 0 aromatic rings. The average Bonchev–Trinajstić information content (AvgIpc) is 2.21. The van der Waals surface area contributed by atoms with Gasteiger partial charge in [-0.1, -0.05) is 44.3 Å². The van der Waals surface area contributed by atoms with E-state index in [0.717, 1.165) is 12.3 Å². The molecule has 2 rings (SSSR count). The second kappa shape index (κ2) is 4.77. The molecule has 0 bridgehead atoms. The van der Waals surface area contributed by atoms with Crippen LogP contribution in [0.5, 0.6) is 0 Å². The van der Waals surface area contributed by atoms with Gasteiger partial charge in [0.15, 0.2) is 0 Å². The lowest BCUT2D eigenvalue weighted by Crippen LogP contribution is -2.20. The maximum atomic E-state index is 5.19. The van der Waals surface area contributed by atoms with Crippen LogP contribution in [-0.2, 0) is 9.78 Å². The molecule has 0 saturated heterocycles. The predicted molar refractivity (Wildman–Crippen MR) is 51.2 cm³/mol. The van der Waals surface area contributed by atoms with Crippen molar-refractivity contribution in [3.8, 4) is 0 Å².